The topological polar surface area (TPSA) is 63.2 Å². The van der Waals surface area contributed by atoms with Crippen molar-refractivity contribution < 1.29 is 28.5 Å². The molecule has 6 rings (SSSR count). The van der Waals surface area contributed by atoms with Crippen molar-refractivity contribution in [3.05, 3.63) is 143 Å². The summed E-state index contributed by atoms with van der Waals surface area (Å²) in [7, 11) is 0. The summed E-state index contributed by atoms with van der Waals surface area (Å²) in [4.78, 5) is 11.8. The number of ether oxygens (including phenoxy) is 5. The fraction of sp³-hybridized carbons (Fsp3) is 0.286. The quantitative estimate of drug-likeness (QED) is 0.214. The highest BCUT2D eigenvalue weighted by Gasteiger charge is 2.60. The molecule has 5 atom stereocenters. The van der Waals surface area contributed by atoms with Crippen LogP contribution in [0.15, 0.2) is 109 Å². The number of aldehydes is 1. The summed E-state index contributed by atoms with van der Waals surface area (Å²) in [6.45, 7) is 3.41. The van der Waals surface area contributed by atoms with Gasteiger partial charge in [0, 0.05) is 11.1 Å². The fourth-order valence-electron chi connectivity index (χ4n) is 5.69. The van der Waals surface area contributed by atoms with Gasteiger partial charge in [-0.2, -0.15) is 0 Å². The van der Waals surface area contributed by atoms with Crippen LogP contribution in [0.25, 0.3) is 0 Å². The number of fused-ring (bicyclic) bond motifs is 2. The van der Waals surface area contributed by atoms with Crippen molar-refractivity contribution in [2.75, 3.05) is 0 Å². The summed E-state index contributed by atoms with van der Waals surface area (Å²) in [5, 5.41) is 0. The molecule has 0 amide bonds. The lowest BCUT2D eigenvalue weighted by atomic mass is 9.86. The second kappa shape index (κ2) is 12.5. The van der Waals surface area contributed by atoms with Crippen LogP contribution in [-0.2, 0) is 55.9 Å². The molecule has 1 fully saturated rings. The zero-order chi connectivity index (χ0) is 28.1. The molecular weight excluding hydrogens is 516 g/mol. The van der Waals surface area contributed by atoms with Crippen LogP contribution in [-0.4, -0.2) is 30.7 Å². The van der Waals surface area contributed by atoms with Gasteiger partial charge in [0.05, 0.1) is 32.5 Å². The Morgan fingerprint density at radius 1 is 0.732 bits per heavy atom. The molecule has 0 aliphatic carbocycles. The molecule has 0 saturated carbocycles. The smallest absolute Gasteiger partial charge is 0.225 e. The van der Waals surface area contributed by atoms with Crippen molar-refractivity contribution in [2.24, 2.45) is 0 Å². The Labute approximate surface area is 240 Å². The average molecular weight is 551 g/mol. The largest absolute Gasteiger partial charge is 0.368 e. The monoisotopic (exact) mass is 550 g/mol. The van der Waals surface area contributed by atoms with E-state index >= 15 is 0 Å². The predicted octanol–water partition coefficient (Wildman–Crippen LogP) is 6.36. The zero-order valence-corrected chi connectivity index (χ0v) is 23.1. The van der Waals surface area contributed by atoms with Gasteiger partial charge in [-0.3, -0.25) is 4.79 Å². The van der Waals surface area contributed by atoms with E-state index in [1.165, 1.54) is 0 Å². The van der Waals surface area contributed by atoms with E-state index in [0.717, 1.165) is 34.1 Å². The van der Waals surface area contributed by atoms with E-state index in [-0.39, 0.29) is 0 Å². The molecule has 1 saturated heterocycles. The minimum Gasteiger partial charge on any atom is -0.368 e. The highest BCUT2D eigenvalue weighted by molar-refractivity contribution is 5.75. The highest BCUT2D eigenvalue weighted by atomic mass is 16.7. The maximum Gasteiger partial charge on any atom is 0.225 e. The lowest BCUT2D eigenvalue weighted by molar-refractivity contribution is -0.381. The van der Waals surface area contributed by atoms with E-state index in [4.69, 9.17) is 23.7 Å². The van der Waals surface area contributed by atoms with Gasteiger partial charge in [0.25, 0.3) is 0 Å². The van der Waals surface area contributed by atoms with Crippen LogP contribution in [0.2, 0.25) is 0 Å². The molecule has 0 N–H and O–H groups in total. The maximum absolute atomic E-state index is 11.8. The third kappa shape index (κ3) is 5.89. The minimum atomic E-state index is -1.27. The summed E-state index contributed by atoms with van der Waals surface area (Å²) in [5.41, 5.74) is 5.42. The molecule has 6 heteroatoms. The van der Waals surface area contributed by atoms with Gasteiger partial charge >= 0.3 is 0 Å². The van der Waals surface area contributed by atoms with Gasteiger partial charge in [0.2, 0.25) is 5.79 Å². The SMILES string of the molecule is C[C@H]1O[C@]2(OCc3ccc(C=O)cc32)[C@H](OCc2ccccc2)[C@@H](OCc2ccccc2)[C@@H]1OCc1ccccc1. The number of hydrogen-bond acceptors (Lipinski definition) is 6. The summed E-state index contributed by atoms with van der Waals surface area (Å²) in [5.74, 6) is -1.27. The van der Waals surface area contributed by atoms with E-state index in [2.05, 4.69) is 0 Å². The molecule has 4 aromatic rings. The summed E-state index contributed by atoms with van der Waals surface area (Å²) < 4.78 is 33.3. The lowest BCUT2D eigenvalue weighted by Crippen LogP contribution is -2.64. The van der Waals surface area contributed by atoms with Gasteiger partial charge in [0.1, 0.15) is 24.6 Å². The minimum absolute atomic E-state index is 0.327. The average Bonchev–Trinajstić information content (AvgIpc) is 3.38. The van der Waals surface area contributed by atoms with Crippen molar-refractivity contribution in [1.29, 1.82) is 0 Å². The maximum atomic E-state index is 11.8. The Balaban J connectivity index is 1.38. The highest BCUT2D eigenvalue weighted by Crippen LogP contribution is 2.49. The van der Waals surface area contributed by atoms with Gasteiger partial charge in [-0.05, 0) is 35.2 Å². The molecule has 4 aromatic carbocycles. The standard InChI is InChI=1S/C35H34O6/c1-25-32(37-21-26-11-5-2-6-12-26)33(38-22-27-13-7-3-8-14-27)34(39-23-28-15-9-4-10-16-28)35(41-25)31-19-29(20-36)17-18-30(31)24-40-35/h2-20,25,32-34H,21-24H2,1H3/t25-,32-,33+,34-,35+/m1/s1. The Morgan fingerprint density at radius 2 is 1.27 bits per heavy atom. The van der Waals surface area contributed by atoms with Crippen molar-refractivity contribution in [1.82, 2.24) is 0 Å². The van der Waals surface area contributed by atoms with Gasteiger partial charge in [-0.25, -0.2) is 0 Å². The molecule has 0 bridgehead atoms. The van der Waals surface area contributed by atoms with Crippen LogP contribution in [0.1, 0.15) is 45.1 Å². The molecule has 0 unspecified atom stereocenters. The normalized spacial score (nSPS) is 25.2. The lowest BCUT2D eigenvalue weighted by Gasteiger charge is -2.50. The molecule has 41 heavy (non-hydrogen) atoms. The van der Waals surface area contributed by atoms with E-state index in [1.807, 2.05) is 110 Å². The second-order valence-electron chi connectivity index (χ2n) is 10.6. The van der Waals surface area contributed by atoms with Crippen LogP contribution < -0.4 is 0 Å². The van der Waals surface area contributed by atoms with E-state index < -0.39 is 30.2 Å². The number of benzene rings is 4. The first-order valence-corrected chi connectivity index (χ1v) is 14.0. The molecule has 6 nitrogen and oxygen atoms in total. The van der Waals surface area contributed by atoms with Gasteiger partial charge < -0.3 is 23.7 Å². The molecule has 2 aliphatic heterocycles. The molecule has 210 valence electrons. The molecule has 1 spiro atoms. The number of carbonyl (C=O) groups is 1. The second-order valence-corrected chi connectivity index (χ2v) is 10.6. The third-order valence-corrected chi connectivity index (χ3v) is 7.75. The van der Waals surface area contributed by atoms with Crippen LogP contribution in [0.3, 0.4) is 0 Å². The summed E-state index contributed by atoms with van der Waals surface area (Å²) in [6.07, 6.45) is -1.24. The molecular formula is C35H34O6. The molecule has 2 heterocycles. The van der Waals surface area contributed by atoms with Crippen LogP contribution in [0.5, 0.6) is 0 Å². The van der Waals surface area contributed by atoms with Crippen LogP contribution in [0.4, 0.5) is 0 Å². The van der Waals surface area contributed by atoms with E-state index in [1.54, 1.807) is 6.07 Å². The van der Waals surface area contributed by atoms with Crippen LogP contribution in [0, 0.1) is 0 Å². The van der Waals surface area contributed by atoms with Crippen molar-refractivity contribution in [3.63, 3.8) is 0 Å². The Hall–Kier alpha value is -3.65. The summed E-state index contributed by atoms with van der Waals surface area (Å²) >= 11 is 0. The number of carbonyl (C=O) groups excluding carboxylic acids is 1. The van der Waals surface area contributed by atoms with Gasteiger partial charge in [0.15, 0.2) is 0 Å². The van der Waals surface area contributed by atoms with Crippen molar-refractivity contribution >= 4 is 6.29 Å². The van der Waals surface area contributed by atoms with E-state index in [0.29, 0.717) is 32.0 Å². The summed E-state index contributed by atoms with van der Waals surface area (Å²) in [6, 6.07) is 35.7. The van der Waals surface area contributed by atoms with Gasteiger partial charge in [-0.1, -0.05) is 103 Å². The first kappa shape index (κ1) is 27.5. The Bertz CT molecular complexity index is 1430. The van der Waals surface area contributed by atoms with Crippen molar-refractivity contribution in [3.8, 4) is 0 Å². The fourth-order valence-corrected chi connectivity index (χ4v) is 5.69. The van der Waals surface area contributed by atoms with Crippen LogP contribution >= 0.6 is 0 Å². The third-order valence-electron chi connectivity index (χ3n) is 7.75. The number of rotatable bonds is 10. The Kier molecular flexibility index (Phi) is 8.37. The predicted molar refractivity (Wildman–Crippen MR) is 154 cm³/mol. The zero-order valence-electron chi connectivity index (χ0n) is 23.1. The van der Waals surface area contributed by atoms with E-state index in [9.17, 15) is 4.79 Å². The molecule has 0 radical (unpaired) electrons. The molecule has 2 aliphatic rings. The first-order chi connectivity index (χ1) is 20.2. The van der Waals surface area contributed by atoms with Gasteiger partial charge in [-0.15, -0.1) is 0 Å². The number of hydrogen-bond donors (Lipinski definition) is 0. The Morgan fingerprint density at radius 3 is 1.83 bits per heavy atom. The van der Waals surface area contributed by atoms with Crippen molar-refractivity contribution in [2.45, 2.75) is 63.6 Å². The molecule has 0 aromatic heterocycles. The first-order valence-electron chi connectivity index (χ1n) is 14.0.